The minimum absolute atomic E-state index is 0.0671. The summed E-state index contributed by atoms with van der Waals surface area (Å²) in [5.41, 5.74) is 5.63. The van der Waals surface area contributed by atoms with E-state index < -0.39 is 0 Å². The summed E-state index contributed by atoms with van der Waals surface area (Å²) in [5, 5.41) is 0.460. The first-order valence-corrected chi connectivity index (χ1v) is 8.78. The molecule has 0 bridgehead atoms. The van der Waals surface area contributed by atoms with E-state index in [-0.39, 0.29) is 5.78 Å². The van der Waals surface area contributed by atoms with Crippen LogP contribution in [-0.2, 0) is 0 Å². The number of ether oxygens (including phenoxy) is 1. The number of halogens is 1. The Bertz CT molecular complexity index is 727. The van der Waals surface area contributed by atoms with Crippen LogP contribution in [0.5, 0.6) is 5.75 Å². The minimum Gasteiger partial charge on any atom is -0.495 e. The number of hydrogen-bond acceptors (Lipinski definition) is 3. The first-order valence-electron chi connectivity index (χ1n) is 7.42. The monoisotopic (exact) mass is 348 g/mol. The van der Waals surface area contributed by atoms with E-state index in [1.54, 1.807) is 37.1 Å². The van der Waals surface area contributed by atoms with E-state index in [2.05, 4.69) is 33.8 Å². The van der Waals surface area contributed by atoms with Crippen molar-refractivity contribution < 1.29 is 9.53 Å². The third kappa shape index (κ3) is 3.91. The van der Waals surface area contributed by atoms with Crippen LogP contribution in [0.3, 0.4) is 0 Å². The van der Waals surface area contributed by atoms with Crippen LogP contribution in [0.4, 0.5) is 0 Å². The predicted molar refractivity (Wildman–Crippen MR) is 98.4 cm³/mol. The smallest absolute Gasteiger partial charge is 0.173 e. The minimum atomic E-state index is 0.0671. The molecule has 0 saturated heterocycles. The van der Waals surface area contributed by atoms with Crippen molar-refractivity contribution in [3.63, 3.8) is 0 Å². The standard InChI is InChI=1S/C19H21ClO2S/c1-11-8-12(2)14(4)19(13(11)3)23-10-17(21)15-6-7-18(22-5)16(20)9-15/h6-9H,10H2,1-5H3. The Hall–Kier alpha value is -1.45. The van der Waals surface area contributed by atoms with Crippen LogP contribution in [0.1, 0.15) is 32.6 Å². The Morgan fingerprint density at radius 3 is 2.22 bits per heavy atom. The van der Waals surface area contributed by atoms with Gasteiger partial charge < -0.3 is 4.74 Å². The highest BCUT2D eigenvalue weighted by Gasteiger charge is 2.13. The molecule has 0 N–H and O–H groups in total. The lowest BCUT2D eigenvalue weighted by Gasteiger charge is -2.14. The van der Waals surface area contributed by atoms with Crippen molar-refractivity contribution in [3.05, 3.63) is 57.1 Å². The maximum atomic E-state index is 12.4. The number of carbonyl (C=O) groups excluding carboxylic acids is 1. The fourth-order valence-corrected chi connectivity index (χ4v) is 3.91. The van der Waals surface area contributed by atoms with Gasteiger partial charge in [0.2, 0.25) is 0 Å². The summed E-state index contributed by atoms with van der Waals surface area (Å²) >= 11 is 7.70. The molecule has 0 aromatic heterocycles. The van der Waals surface area contributed by atoms with Crippen LogP contribution >= 0.6 is 23.4 Å². The molecule has 0 atom stereocenters. The summed E-state index contributed by atoms with van der Waals surface area (Å²) in [6.07, 6.45) is 0. The van der Waals surface area contributed by atoms with Gasteiger partial charge >= 0.3 is 0 Å². The molecule has 0 radical (unpaired) electrons. The van der Waals surface area contributed by atoms with E-state index >= 15 is 0 Å². The fraction of sp³-hybridized carbons (Fsp3) is 0.316. The Labute approximate surface area is 147 Å². The molecular formula is C19H21ClO2S. The second kappa shape index (κ2) is 7.41. The SMILES string of the molecule is COc1ccc(C(=O)CSc2c(C)c(C)cc(C)c2C)cc1Cl. The van der Waals surface area contributed by atoms with Crippen LogP contribution in [0.15, 0.2) is 29.2 Å². The summed E-state index contributed by atoms with van der Waals surface area (Å²) in [7, 11) is 1.56. The Morgan fingerprint density at radius 2 is 1.70 bits per heavy atom. The van der Waals surface area contributed by atoms with Crippen LogP contribution in [0.2, 0.25) is 5.02 Å². The average Bonchev–Trinajstić information content (AvgIpc) is 2.52. The van der Waals surface area contributed by atoms with Crippen molar-refractivity contribution in [3.8, 4) is 5.75 Å². The second-order valence-corrected chi connectivity index (χ2v) is 7.04. The van der Waals surface area contributed by atoms with Crippen molar-refractivity contribution in [2.45, 2.75) is 32.6 Å². The van der Waals surface area contributed by atoms with Gasteiger partial charge in [0.1, 0.15) is 5.75 Å². The van der Waals surface area contributed by atoms with Gasteiger partial charge in [0.25, 0.3) is 0 Å². The molecule has 0 heterocycles. The van der Waals surface area contributed by atoms with E-state index in [0.29, 0.717) is 22.1 Å². The van der Waals surface area contributed by atoms with Crippen LogP contribution in [0.25, 0.3) is 0 Å². The number of benzene rings is 2. The number of aryl methyl sites for hydroxylation is 2. The largest absolute Gasteiger partial charge is 0.495 e. The van der Waals surface area contributed by atoms with Crippen molar-refractivity contribution in [1.29, 1.82) is 0 Å². The van der Waals surface area contributed by atoms with Gasteiger partial charge in [-0.2, -0.15) is 0 Å². The molecule has 2 rings (SSSR count). The highest BCUT2D eigenvalue weighted by atomic mass is 35.5. The molecule has 2 nitrogen and oxygen atoms in total. The van der Waals surface area contributed by atoms with Gasteiger partial charge in [-0.25, -0.2) is 0 Å². The van der Waals surface area contributed by atoms with Crippen LogP contribution in [0, 0.1) is 27.7 Å². The van der Waals surface area contributed by atoms with Gasteiger partial charge in [-0.15, -0.1) is 11.8 Å². The zero-order valence-electron chi connectivity index (χ0n) is 14.1. The highest BCUT2D eigenvalue weighted by Crippen LogP contribution is 2.32. The molecule has 2 aromatic rings. The zero-order chi connectivity index (χ0) is 17.1. The average molecular weight is 349 g/mol. The highest BCUT2D eigenvalue weighted by molar-refractivity contribution is 8.00. The van der Waals surface area contributed by atoms with Crippen molar-refractivity contribution in [1.82, 2.24) is 0 Å². The maximum absolute atomic E-state index is 12.4. The maximum Gasteiger partial charge on any atom is 0.173 e. The Kier molecular flexibility index (Phi) is 5.77. The summed E-state index contributed by atoms with van der Waals surface area (Å²) in [4.78, 5) is 13.6. The molecule has 0 unspecified atom stereocenters. The summed E-state index contributed by atoms with van der Waals surface area (Å²) in [6.45, 7) is 8.44. The van der Waals surface area contributed by atoms with Crippen molar-refractivity contribution in [2.24, 2.45) is 0 Å². The first kappa shape index (κ1) is 17.9. The molecule has 0 saturated carbocycles. The lowest BCUT2D eigenvalue weighted by atomic mass is 10.0. The number of methoxy groups -OCH3 is 1. The predicted octanol–water partition coefficient (Wildman–Crippen LogP) is 5.56. The zero-order valence-corrected chi connectivity index (χ0v) is 15.7. The van der Waals surface area contributed by atoms with E-state index in [4.69, 9.17) is 16.3 Å². The van der Waals surface area contributed by atoms with E-state index in [1.165, 1.54) is 27.1 Å². The Morgan fingerprint density at radius 1 is 1.09 bits per heavy atom. The fourth-order valence-electron chi connectivity index (χ4n) is 2.46. The molecule has 0 fully saturated rings. The van der Waals surface area contributed by atoms with Crippen LogP contribution in [-0.4, -0.2) is 18.6 Å². The second-order valence-electron chi connectivity index (χ2n) is 5.65. The van der Waals surface area contributed by atoms with Gasteiger partial charge in [-0.05, 0) is 68.1 Å². The summed E-state index contributed by atoms with van der Waals surface area (Å²) < 4.78 is 5.12. The molecule has 2 aromatic carbocycles. The van der Waals surface area contributed by atoms with Crippen molar-refractivity contribution in [2.75, 3.05) is 12.9 Å². The quantitative estimate of drug-likeness (QED) is 0.523. The summed E-state index contributed by atoms with van der Waals surface area (Å²) in [5.74, 6) is 1.04. The molecular weight excluding hydrogens is 328 g/mol. The third-order valence-corrected chi connectivity index (χ3v) is 5.72. The molecule has 0 amide bonds. The normalized spacial score (nSPS) is 10.7. The van der Waals surface area contributed by atoms with Gasteiger partial charge in [-0.3, -0.25) is 4.79 Å². The molecule has 0 aliphatic rings. The number of ketones is 1. The molecule has 0 spiro atoms. The van der Waals surface area contributed by atoms with Gasteiger partial charge in [0.15, 0.2) is 5.78 Å². The lowest BCUT2D eigenvalue weighted by Crippen LogP contribution is -2.04. The number of hydrogen-bond donors (Lipinski definition) is 0. The molecule has 0 aliphatic carbocycles. The third-order valence-electron chi connectivity index (χ3n) is 4.12. The molecule has 4 heteroatoms. The number of Topliss-reactive ketones (excluding diaryl/α,β-unsaturated/α-hetero) is 1. The van der Waals surface area contributed by atoms with Crippen molar-refractivity contribution >= 4 is 29.1 Å². The van der Waals surface area contributed by atoms with Gasteiger partial charge in [0, 0.05) is 10.5 Å². The van der Waals surface area contributed by atoms with Gasteiger partial charge in [-0.1, -0.05) is 17.7 Å². The molecule has 0 aliphatic heterocycles. The van der Waals surface area contributed by atoms with E-state index in [1.807, 2.05) is 0 Å². The number of thioether (sulfide) groups is 1. The Balaban J connectivity index is 2.18. The molecule has 122 valence electrons. The number of rotatable bonds is 5. The van der Waals surface area contributed by atoms with Crippen LogP contribution < -0.4 is 4.74 Å². The lowest BCUT2D eigenvalue weighted by molar-refractivity contribution is 0.102. The van der Waals surface area contributed by atoms with Gasteiger partial charge in [0.05, 0.1) is 17.9 Å². The topological polar surface area (TPSA) is 26.3 Å². The number of carbonyl (C=O) groups is 1. The first-order chi connectivity index (χ1) is 10.8. The molecule has 23 heavy (non-hydrogen) atoms. The summed E-state index contributed by atoms with van der Waals surface area (Å²) in [6, 6.07) is 7.35. The van der Waals surface area contributed by atoms with E-state index in [9.17, 15) is 4.79 Å². The van der Waals surface area contributed by atoms with E-state index in [0.717, 1.165) is 0 Å².